The standard InChI is InChI=1S/C11H15NO3S/c1-7(3-4-13)12-11(15)10-5-9(6-16-10)8(2)14/h5-7,13H,3-4H2,1-2H3,(H,12,15). The summed E-state index contributed by atoms with van der Waals surface area (Å²) in [6.45, 7) is 3.34. The Morgan fingerprint density at radius 3 is 2.75 bits per heavy atom. The van der Waals surface area contributed by atoms with Gasteiger partial charge in [0.15, 0.2) is 5.78 Å². The summed E-state index contributed by atoms with van der Waals surface area (Å²) in [6.07, 6.45) is 0.524. The van der Waals surface area contributed by atoms with Crippen LogP contribution in [0.4, 0.5) is 0 Å². The summed E-state index contributed by atoms with van der Waals surface area (Å²) in [5.41, 5.74) is 0.560. The maximum absolute atomic E-state index is 11.7. The molecule has 0 fully saturated rings. The lowest BCUT2D eigenvalue weighted by Gasteiger charge is -2.10. The molecule has 1 unspecified atom stereocenters. The largest absolute Gasteiger partial charge is 0.396 e. The van der Waals surface area contributed by atoms with E-state index in [1.165, 1.54) is 18.3 Å². The van der Waals surface area contributed by atoms with E-state index >= 15 is 0 Å². The summed E-state index contributed by atoms with van der Waals surface area (Å²) < 4.78 is 0. The minimum Gasteiger partial charge on any atom is -0.396 e. The molecule has 0 bridgehead atoms. The fraction of sp³-hybridized carbons (Fsp3) is 0.455. The molecule has 88 valence electrons. The van der Waals surface area contributed by atoms with Crippen LogP contribution < -0.4 is 5.32 Å². The van der Waals surface area contributed by atoms with Crippen LogP contribution in [0.3, 0.4) is 0 Å². The number of aliphatic hydroxyl groups excluding tert-OH is 1. The van der Waals surface area contributed by atoms with Crippen LogP contribution in [0.1, 0.15) is 40.3 Å². The molecule has 16 heavy (non-hydrogen) atoms. The van der Waals surface area contributed by atoms with Gasteiger partial charge in [-0.1, -0.05) is 0 Å². The predicted molar refractivity (Wildman–Crippen MR) is 63.0 cm³/mol. The Kier molecular flexibility index (Phi) is 4.64. The first-order chi connectivity index (χ1) is 7.54. The molecule has 2 N–H and O–H groups in total. The second-order valence-corrected chi connectivity index (χ2v) is 4.55. The zero-order valence-corrected chi connectivity index (χ0v) is 10.1. The summed E-state index contributed by atoms with van der Waals surface area (Å²) in [4.78, 5) is 23.2. The molecule has 0 aromatic carbocycles. The van der Waals surface area contributed by atoms with E-state index in [9.17, 15) is 9.59 Å². The Balaban J connectivity index is 2.62. The van der Waals surface area contributed by atoms with E-state index in [0.717, 1.165) is 0 Å². The van der Waals surface area contributed by atoms with Gasteiger partial charge in [0.2, 0.25) is 0 Å². The number of Topliss-reactive ketones (excluding diaryl/α,β-unsaturated/α-hetero) is 1. The van der Waals surface area contributed by atoms with Gasteiger partial charge in [0.1, 0.15) is 0 Å². The van der Waals surface area contributed by atoms with E-state index in [4.69, 9.17) is 5.11 Å². The summed E-state index contributed by atoms with van der Waals surface area (Å²) in [7, 11) is 0. The molecule has 1 amide bonds. The van der Waals surface area contributed by atoms with Gasteiger partial charge in [0.05, 0.1) is 4.88 Å². The molecule has 1 atom stereocenters. The van der Waals surface area contributed by atoms with Crippen LogP contribution in [0, 0.1) is 0 Å². The highest BCUT2D eigenvalue weighted by atomic mass is 32.1. The summed E-state index contributed by atoms with van der Waals surface area (Å²) in [5, 5.41) is 13.1. The Labute approximate surface area is 98.3 Å². The highest BCUT2D eigenvalue weighted by Gasteiger charge is 2.13. The van der Waals surface area contributed by atoms with Crippen molar-refractivity contribution in [2.45, 2.75) is 26.3 Å². The van der Waals surface area contributed by atoms with Gasteiger partial charge in [-0.25, -0.2) is 0 Å². The second-order valence-electron chi connectivity index (χ2n) is 3.64. The van der Waals surface area contributed by atoms with Crippen LogP contribution >= 0.6 is 11.3 Å². The van der Waals surface area contributed by atoms with Crippen LogP contribution in [-0.2, 0) is 0 Å². The van der Waals surface area contributed by atoms with Crippen molar-refractivity contribution in [1.29, 1.82) is 0 Å². The molecule has 5 heteroatoms. The average Bonchev–Trinajstić information content (AvgIpc) is 2.66. The Hall–Kier alpha value is -1.20. The number of thiophene rings is 1. The first-order valence-corrected chi connectivity index (χ1v) is 5.93. The molecule has 0 saturated heterocycles. The number of ketones is 1. The third kappa shape index (κ3) is 3.43. The molecule has 0 aliphatic heterocycles. The Bertz CT molecular complexity index is 386. The SMILES string of the molecule is CC(=O)c1csc(C(=O)NC(C)CCO)c1. The van der Waals surface area contributed by atoms with Gasteiger partial charge < -0.3 is 10.4 Å². The Morgan fingerprint density at radius 1 is 1.56 bits per heavy atom. The fourth-order valence-corrected chi connectivity index (χ4v) is 2.05. The monoisotopic (exact) mass is 241 g/mol. The fourth-order valence-electron chi connectivity index (χ4n) is 1.20. The number of nitrogens with one attached hydrogen (secondary N) is 1. The van der Waals surface area contributed by atoms with Crippen molar-refractivity contribution in [3.8, 4) is 0 Å². The normalized spacial score (nSPS) is 12.2. The van der Waals surface area contributed by atoms with E-state index in [0.29, 0.717) is 16.9 Å². The zero-order chi connectivity index (χ0) is 12.1. The third-order valence-corrected chi connectivity index (χ3v) is 3.10. The third-order valence-electron chi connectivity index (χ3n) is 2.17. The van der Waals surface area contributed by atoms with Crippen molar-refractivity contribution in [2.24, 2.45) is 0 Å². The van der Waals surface area contributed by atoms with E-state index in [1.54, 1.807) is 11.4 Å². The van der Waals surface area contributed by atoms with Gasteiger partial charge in [0.25, 0.3) is 5.91 Å². The molecule has 1 aromatic rings. The molecular formula is C11H15NO3S. The Morgan fingerprint density at radius 2 is 2.25 bits per heavy atom. The van der Waals surface area contributed by atoms with Gasteiger partial charge in [0, 0.05) is 23.6 Å². The highest BCUT2D eigenvalue weighted by Crippen LogP contribution is 2.15. The van der Waals surface area contributed by atoms with Gasteiger partial charge in [-0.15, -0.1) is 11.3 Å². The smallest absolute Gasteiger partial charge is 0.261 e. The van der Waals surface area contributed by atoms with Gasteiger partial charge in [-0.3, -0.25) is 9.59 Å². The highest BCUT2D eigenvalue weighted by molar-refractivity contribution is 7.12. The van der Waals surface area contributed by atoms with E-state index in [2.05, 4.69) is 5.32 Å². The molecule has 1 aromatic heterocycles. The van der Waals surface area contributed by atoms with Crippen LogP contribution in [0.2, 0.25) is 0 Å². The number of carbonyl (C=O) groups excluding carboxylic acids is 2. The lowest BCUT2D eigenvalue weighted by atomic mass is 10.2. The van der Waals surface area contributed by atoms with Crippen molar-refractivity contribution in [3.63, 3.8) is 0 Å². The van der Waals surface area contributed by atoms with Crippen LogP contribution in [0.15, 0.2) is 11.4 Å². The molecule has 1 rings (SSSR count). The molecule has 0 aliphatic carbocycles. The quantitative estimate of drug-likeness (QED) is 0.767. The van der Waals surface area contributed by atoms with Crippen molar-refractivity contribution in [3.05, 3.63) is 21.9 Å². The van der Waals surface area contributed by atoms with Crippen molar-refractivity contribution in [1.82, 2.24) is 5.32 Å². The van der Waals surface area contributed by atoms with Crippen molar-refractivity contribution < 1.29 is 14.7 Å². The number of hydrogen-bond donors (Lipinski definition) is 2. The zero-order valence-electron chi connectivity index (χ0n) is 9.32. The molecule has 0 radical (unpaired) electrons. The molecule has 4 nitrogen and oxygen atoms in total. The lowest BCUT2D eigenvalue weighted by Crippen LogP contribution is -2.32. The minimum absolute atomic E-state index is 0.0429. The summed E-state index contributed by atoms with van der Waals surface area (Å²) >= 11 is 1.25. The molecular weight excluding hydrogens is 226 g/mol. The summed E-state index contributed by atoms with van der Waals surface area (Å²) in [5.74, 6) is -0.239. The number of amides is 1. The first kappa shape index (κ1) is 12.9. The van der Waals surface area contributed by atoms with Crippen molar-refractivity contribution in [2.75, 3.05) is 6.61 Å². The minimum atomic E-state index is -0.196. The lowest BCUT2D eigenvalue weighted by molar-refractivity contribution is 0.0938. The number of hydrogen-bond acceptors (Lipinski definition) is 4. The average molecular weight is 241 g/mol. The van der Waals surface area contributed by atoms with Crippen LogP contribution in [0.5, 0.6) is 0 Å². The van der Waals surface area contributed by atoms with Gasteiger partial charge in [-0.05, 0) is 26.3 Å². The van der Waals surface area contributed by atoms with E-state index in [-0.39, 0.29) is 24.3 Å². The molecule has 0 aliphatic rings. The van der Waals surface area contributed by atoms with Crippen LogP contribution in [0.25, 0.3) is 0 Å². The van der Waals surface area contributed by atoms with Gasteiger partial charge in [-0.2, -0.15) is 0 Å². The van der Waals surface area contributed by atoms with Gasteiger partial charge >= 0.3 is 0 Å². The topological polar surface area (TPSA) is 66.4 Å². The maximum Gasteiger partial charge on any atom is 0.261 e. The number of aliphatic hydroxyl groups is 1. The molecule has 0 spiro atoms. The first-order valence-electron chi connectivity index (χ1n) is 5.05. The van der Waals surface area contributed by atoms with Crippen molar-refractivity contribution >= 4 is 23.0 Å². The predicted octanol–water partition coefficient (Wildman–Crippen LogP) is 1.45. The van der Waals surface area contributed by atoms with E-state index in [1.807, 2.05) is 6.92 Å². The van der Waals surface area contributed by atoms with E-state index < -0.39 is 0 Å². The number of rotatable bonds is 5. The summed E-state index contributed by atoms with van der Waals surface area (Å²) in [6, 6.07) is 1.52. The molecule has 1 heterocycles. The molecule has 0 saturated carbocycles. The van der Waals surface area contributed by atoms with Crippen LogP contribution in [-0.4, -0.2) is 29.4 Å². The second kappa shape index (κ2) is 5.77. The maximum atomic E-state index is 11.7. The number of carbonyl (C=O) groups is 2.